The largest absolute Gasteiger partial charge is 0.444 e. The number of fused-ring (bicyclic) bond motifs is 1. The van der Waals surface area contributed by atoms with Gasteiger partial charge in [-0.05, 0) is 41.0 Å². The molecule has 1 amide bonds. The van der Waals surface area contributed by atoms with Crippen molar-refractivity contribution in [2.24, 2.45) is 0 Å². The van der Waals surface area contributed by atoms with Gasteiger partial charge in [0, 0.05) is 11.8 Å². The summed E-state index contributed by atoms with van der Waals surface area (Å²) in [6.07, 6.45) is 1.19. The Hall–Kier alpha value is -2.24. The van der Waals surface area contributed by atoms with Gasteiger partial charge in [0.05, 0.1) is 17.8 Å². The Labute approximate surface area is 159 Å². The number of nitrogens with two attached hydrogens (primary N) is 1. The van der Waals surface area contributed by atoms with Gasteiger partial charge in [-0.25, -0.2) is 4.79 Å². The van der Waals surface area contributed by atoms with Crippen LogP contribution in [0.4, 0.5) is 10.5 Å². The molecule has 8 nitrogen and oxygen atoms in total. The molecule has 148 valence electrons. The van der Waals surface area contributed by atoms with Gasteiger partial charge in [0.1, 0.15) is 29.6 Å². The number of nitrogen functional groups attached to an aromatic ring is 1. The van der Waals surface area contributed by atoms with Gasteiger partial charge in [-0.3, -0.25) is 4.90 Å². The standard InChI is InChI=1S/C19H28N4O4/c1-7-12-15-16(26-19(5,6)25-15)14(10-9-22-11(8-20)13(10)21)23(12)17(24)27-18(2,3)4/h9,12,14-16,22H,7,21H2,1-6H3. The van der Waals surface area contributed by atoms with Crippen LogP contribution in [0.25, 0.3) is 0 Å². The normalized spacial score (nSPS) is 29.4. The third-order valence-corrected chi connectivity index (χ3v) is 4.92. The van der Waals surface area contributed by atoms with Crippen LogP contribution >= 0.6 is 0 Å². The van der Waals surface area contributed by atoms with Gasteiger partial charge < -0.3 is 24.9 Å². The molecule has 2 aliphatic rings. The molecule has 1 aromatic rings. The van der Waals surface area contributed by atoms with Crippen molar-refractivity contribution in [2.45, 2.75) is 83.6 Å². The van der Waals surface area contributed by atoms with E-state index < -0.39 is 29.6 Å². The van der Waals surface area contributed by atoms with Crippen molar-refractivity contribution in [1.82, 2.24) is 9.88 Å². The summed E-state index contributed by atoms with van der Waals surface area (Å²) in [5.74, 6) is -0.760. The summed E-state index contributed by atoms with van der Waals surface area (Å²) in [5.41, 5.74) is 6.78. The van der Waals surface area contributed by atoms with Crippen LogP contribution < -0.4 is 5.73 Å². The van der Waals surface area contributed by atoms with Crippen LogP contribution in [-0.2, 0) is 14.2 Å². The number of H-pyrrole nitrogens is 1. The molecule has 4 unspecified atom stereocenters. The van der Waals surface area contributed by atoms with Gasteiger partial charge in [0.2, 0.25) is 0 Å². The number of hydrogen-bond donors (Lipinski definition) is 2. The minimum absolute atomic E-state index is 0.225. The van der Waals surface area contributed by atoms with E-state index in [2.05, 4.69) is 4.98 Å². The monoisotopic (exact) mass is 376 g/mol. The average Bonchev–Trinajstić information content (AvgIpc) is 3.13. The van der Waals surface area contributed by atoms with Gasteiger partial charge in [-0.15, -0.1) is 0 Å². The maximum absolute atomic E-state index is 13.1. The average molecular weight is 376 g/mol. The summed E-state index contributed by atoms with van der Waals surface area (Å²) in [4.78, 5) is 17.6. The fourth-order valence-electron chi connectivity index (χ4n) is 3.99. The van der Waals surface area contributed by atoms with Crippen LogP contribution in [0.3, 0.4) is 0 Å². The quantitative estimate of drug-likeness (QED) is 0.820. The Kier molecular flexibility index (Phi) is 4.65. The van der Waals surface area contributed by atoms with Crippen LogP contribution in [0.15, 0.2) is 6.20 Å². The van der Waals surface area contributed by atoms with Gasteiger partial charge in [-0.1, -0.05) is 6.92 Å². The minimum atomic E-state index is -0.760. The number of nitrogens with one attached hydrogen (secondary N) is 1. The highest BCUT2D eigenvalue weighted by Gasteiger charge is 2.60. The molecule has 2 aliphatic heterocycles. The fraction of sp³-hybridized carbons (Fsp3) is 0.684. The second kappa shape index (κ2) is 6.43. The molecule has 0 aliphatic carbocycles. The summed E-state index contributed by atoms with van der Waals surface area (Å²) >= 11 is 0. The summed E-state index contributed by atoms with van der Waals surface area (Å²) in [6, 6.07) is 1.31. The number of aromatic amines is 1. The predicted molar refractivity (Wildman–Crippen MR) is 98.6 cm³/mol. The molecule has 0 bridgehead atoms. The van der Waals surface area contributed by atoms with Gasteiger partial charge in [-0.2, -0.15) is 5.26 Å². The number of carbonyl (C=O) groups is 1. The summed E-state index contributed by atoms with van der Waals surface area (Å²) in [5, 5.41) is 9.25. The predicted octanol–water partition coefficient (Wildman–Crippen LogP) is 3.06. The highest BCUT2D eigenvalue weighted by molar-refractivity contribution is 5.72. The van der Waals surface area contributed by atoms with E-state index >= 15 is 0 Å². The zero-order valence-electron chi connectivity index (χ0n) is 16.7. The maximum atomic E-state index is 13.1. The SMILES string of the molecule is CCC1C2OC(C)(C)OC2C(c2c[nH]c(C#N)c2N)N1C(=O)OC(C)(C)C. The van der Waals surface area contributed by atoms with Crippen molar-refractivity contribution < 1.29 is 19.0 Å². The van der Waals surface area contributed by atoms with Crippen LogP contribution in [-0.4, -0.2) is 45.6 Å². The molecule has 2 saturated heterocycles. The van der Waals surface area contributed by atoms with Gasteiger partial charge in [0.25, 0.3) is 0 Å². The molecule has 4 atom stereocenters. The molecule has 0 aromatic carbocycles. The summed E-state index contributed by atoms with van der Waals surface area (Å²) in [7, 11) is 0. The lowest BCUT2D eigenvalue weighted by Gasteiger charge is -2.35. The molecule has 2 fully saturated rings. The Morgan fingerprint density at radius 3 is 2.56 bits per heavy atom. The molecule has 0 spiro atoms. The number of anilines is 1. The summed E-state index contributed by atoms with van der Waals surface area (Å²) < 4.78 is 17.9. The topological polar surface area (TPSA) is 114 Å². The van der Waals surface area contributed by atoms with Gasteiger partial charge >= 0.3 is 6.09 Å². The molecule has 3 heterocycles. The highest BCUT2D eigenvalue weighted by Crippen LogP contribution is 2.49. The maximum Gasteiger partial charge on any atom is 0.411 e. The molecule has 27 heavy (non-hydrogen) atoms. The molecule has 8 heteroatoms. The highest BCUT2D eigenvalue weighted by atomic mass is 16.8. The lowest BCUT2D eigenvalue weighted by Crippen LogP contribution is -2.45. The number of ether oxygens (including phenoxy) is 3. The van der Waals surface area contributed by atoms with E-state index in [4.69, 9.17) is 19.9 Å². The van der Waals surface area contributed by atoms with E-state index in [9.17, 15) is 10.1 Å². The van der Waals surface area contributed by atoms with E-state index in [1.165, 1.54) is 0 Å². The first-order valence-corrected chi connectivity index (χ1v) is 9.23. The molecule has 0 radical (unpaired) electrons. The van der Waals surface area contributed by atoms with E-state index in [-0.39, 0.29) is 17.8 Å². The molecule has 3 N–H and O–H groups in total. The first-order chi connectivity index (χ1) is 12.5. The van der Waals surface area contributed by atoms with Crippen molar-refractivity contribution in [1.29, 1.82) is 5.26 Å². The van der Waals surface area contributed by atoms with E-state index in [0.717, 1.165) is 0 Å². The third kappa shape index (κ3) is 3.37. The van der Waals surface area contributed by atoms with Crippen molar-refractivity contribution >= 4 is 11.8 Å². The zero-order chi connectivity index (χ0) is 20.1. The Morgan fingerprint density at radius 1 is 1.41 bits per heavy atom. The number of nitrogens with zero attached hydrogens (tertiary/aromatic N) is 2. The van der Waals surface area contributed by atoms with E-state index in [1.807, 2.05) is 47.6 Å². The lowest BCUT2D eigenvalue weighted by molar-refractivity contribution is -0.167. The van der Waals surface area contributed by atoms with Crippen LogP contribution in [0.1, 0.15) is 65.3 Å². The number of carbonyl (C=O) groups excluding carboxylic acids is 1. The summed E-state index contributed by atoms with van der Waals surface area (Å²) in [6.45, 7) is 11.2. The van der Waals surface area contributed by atoms with Crippen LogP contribution in [0.2, 0.25) is 0 Å². The molecule has 1 aromatic heterocycles. The van der Waals surface area contributed by atoms with Crippen LogP contribution in [0, 0.1) is 11.3 Å². The van der Waals surface area contributed by atoms with E-state index in [0.29, 0.717) is 17.7 Å². The number of aromatic nitrogens is 1. The first kappa shape index (κ1) is 19.5. The number of likely N-dealkylation sites (tertiary alicyclic amines) is 1. The molecule has 0 saturated carbocycles. The van der Waals surface area contributed by atoms with Crippen molar-refractivity contribution in [3.05, 3.63) is 17.5 Å². The minimum Gasteiger partial charge on any atom is -0.444 e. The third-order valence-electron chi connectivity index (χ3n) is 4.92. The Morgan fingerprint density at radius 2 is 2.04 bits per heavy atom. The molecular formula is C19H28N4O4. The Balaban J connectivity index is 2.07. The van der Waals surface area contributed by atoms with Crippen LogP contribution in [0.5, 0.6) is 0 Å². The van der Waals surface area contributed by atoms with Crippen molar-refractivity contribution in [2.75, 3.05) is 5.73 Å². The van der Waals surface area contributed by atoms with Crippen molar-refractivity contribution in [3.63, 3.8) is 0 Å². The second-order valence-electron chi connectivity index (χ2n) is 8.52. The zero-order valence-corrected chi connectivity index (χ0v) is 16.7. The van der Waals surface area contributed by atoms with E-state index in [1.54, 1.807) is 11.1 Å². The molecular weight excluding hydrogens is 348 g/mol. The number of nitriles is 1. The second-order valence-corrected chi connectivity index (χ2v) is 8.52. The number of rotatable bonds is 2. The first-order valence-electron chi connectivity index (χ1n) is 9.23. The number of hydrogen-bond acceptors (Lipinski definition) is 6. The number of amides is 1. The smallest absolute Gasteiger partial charge is 0.411 e. The fourth-order valence-corrected chi connectivity index (χ4v) is 3.99. The molecule has 3 rings (SSSR count). The van der Waals surface area contributed by atoms with Gasteiger partial charge in [0.15, 0.2) is 5.79 Å². The Bertz CT molecular complexity index is 774. The lowest BCUT2D eigenvalue weighted by atomic mass is 10.0. The van der Waals surface area contributed by atoms with Crippen molar-refractivity contribution in [3.8, 4) is 6.07 Å².